The van der Waals surface area contributed by atoms with Crippen molar-refractivity contribution in [1.82, 2.24) is 10.2 Å². The standard InChI is InChI=1S/C30H39N3O2S/c1-4-30(34)33(24-11-6-5-7-12-24)25-17-20-32(21-18-25)23(2)26-13-8-9-14-27(26)35-28(16-19-31-3)29-15-10-22-36-29/h5-15,22-23,25,28,31H,4,16-21H2,1-3H3/t23-,28-/m0/s1. The molecule has 1 aliphatic heterocycles. The summed E-state index contributed by atoms with van der Waals surface area (Å²) in [6.45, 7) is 7.04. The summed E-state index contributed by atoms with van der Waals surface area (Å²) in [6.07, 6.45) is 3.42. The van der Waals surface area contributed by atoms with Gasteiger partial charge in [-0.15, -0.1) is 11.3 Å². The smallest absolute Gasteiger partial charge is 0.226 e. The van der Waals surface area contributed by atoms with Gasteiger partial charge in [0.05, 0.1) is 0 Å². The van der Waals surface area contributed by atoms with E-state index in [1.54, 1.807) is 11.3 Å². The Morgan fingerprint density at radius 1 is 1.08 bits per heavy atom. The third-order valence-electron chi connectivity index (χ3n) is 7.17. The molecule has 0 unspecified atom stereocenters. The molecule has 1 N–H and O–H groups in total. The van der Waals surface area contributed by atoms with Crippen LogP contribution in [0.3, 0.4) is 0 Å². The van der Waals surface area contributed by atoms with E-state index >= 15 is 0 Å². The maximum atomic E-state index is 12.9. The summed E-state index contributed by atoms with van der Waals surface area (Å²) in [5, 5.41) is 5.38. The van der Waals surface area contributed by atoms with Gasteiger partial charge in [0.2, 0.25) is 5.91 Å². The number of nitrogens with zero attached hydrogens (tertiary/aromatic N) is 2. The number of nitrogens with one attached hydrogen (secondary N) is 1. The number of carbonyl (C=O) groups is 1. The van der Waals surface area contributed by atoms with Crippen LogP contribution < -0.4 is 15.0 Å². The number of likely N-dealkylation sites (tertiary alicyclic amines) is 1. The zero-order valence-electron chi connectivity index (χ0n) is 21.7. The van der Waals surface area contributed by atoms with Gasteiger partial charge in [0.25, 0.3) is 0 Å². The molecular weight excluding hydrogens is 466 g/mol. The Bertz CT molecular complexity index is 1060. The number of benzene rings is 2. The number of hydrogen-bond acceptors (Lipinski definition) is 5. The van der Waals surface area contributed by atoms with Crippen molar-refractivity contribution in [2.24, 2.45) is 0 Å². The molecule has 2 heterocycles. The molecule has 5 nitrogen and oxygen atoms in total. The van der Waals surface area contributed by atoms with Crippen molar-refractivity contribution in [2.75, 3.05) is 31.6 Å². The van der Waals surface area contributed by atoms with Crippen LogP contribution in [0.25, 0.3) is 0 Å². The van der Waals surface area contributed by atoms with Gasteiger partial charge in [-0.1, -0.05) is 49.4 Å². The Labute approximate surface area is 220 Å². The van der Waals surface area contributed by atoms with Crippen LogP contribution in [0.4, 0.5) is 5.69 Å². The zero-order valence-corrected chi connectivity index (χ0v) is 22.5. The number of rotatable bonds is 11. The van der Waals surface area contributed by atoms with E-state index in [1.165, 1.54) is 10.4 Å². The van der Waals surface area contributed by atoms with Crippen molar-refractivity contribution >= 4 is 22.9 Å². The fourth-order valence-corrected chi connectivity index (χ4v) is 5.93. The minimum absolute atomic E-state index is 0.0380. The average molecular weight is 506 g/mol. The molecule has 6 heteroatoms. The molecule has 0 spiro atoms. The number of anilines is 1. The van der Waals surface area contributed by atoms with Gasteiger partial charge in [0, 0.05) is 54.1 Å². The third-order valence-corrected chi connectivity index (χ3v) is 8.14. The highest BCUT2D eigenvalue weighted by Gasteiger charge is 2.31. The lowest BCUT2D eigenvalue weighted by Crippen LogP contribution is -2.48. The van der Waals surface area contributed by atoms with Crippen LogP contribution >= 0.6 is 11.3 Å². The molecule has 1 fully saturated rings. The molecule has 192 valence electrons. The minimum atomic E-state index is 0.0380. The van der Waals surface area contributed by atoms with Gasteiger partial charge in [-0.3, -0.25) is 9.69 Å². The molecule has 0 saturated carbocycles. The van der Waals surface area contributed by atoms with Gasteiger partial charge in [-0.05, 0) is 63.0 Å². The first-order chi connectivity index (χ1) is 17.6. The molecule has 2 atom stereocenters. The summed E-state index contributed by atoms with van der Waals surface area (Å²) in [7, 11) is 1.98. The van der Waals surface area contributed by atoms with E-state index in [1.807, 2.05) is 49.2 Å². The second-order valence-electron chi connectivity index (χ2n) is 9.45. The Kier molecular flexibility index (Phi) is 9.56. The SMILES string of the molecule is CCC(=O)N(c1ccccc1)C1CCN([C@@H](C)c2ccccc2O[C@@H](CCNC)c2cccs2)CC1. The van der Waals surface area contributed by atoms with E-state index < -0.39 is 0 Å². The van der Waals surface area contributed by atoms with E-state index in [-0.39, 0.29) is 24.1 Å². The van der Waals surface area contributed by atoms with Crippen LogP contribution in [0.2, 0.25) is 0 Å². The van der Waals surface area contributed by atoms with E-state index in [0.29, 0.717) is 6.42 Å². The predicted molar refractivity (Wildman–Crippen MR) is 150 cm³/mol. The predicted octanol–water partition coefficient (Wildman–Crippen LogP) is 6.45. The molecule has 2 aromatic carbocycles. The van der Waals surface area contributed by atoms with Crippen molar-refractivity contribution in [3.8, 4) is 5.75 Å². The molecule has 36 heavy (non-hydrogen) atoms. The number of hydrogen-bond donors (Lipinski definition) is 1. The molecule has 1 aromatic heterocycles. The normalized spacial score (nSPS) is 16.4. The first-order valence-electron chi connectivity index (χ1n) is 13.2. The summed E-state index contributed by atoms with van der Waals surface area (Å²) in [5.41, 5.74) is 2.24. The van der Waals surface area contributed by atoms with Crippen molar-refractivity contribution in [3.63, 3.8) is 0 Å². The molecule has 3 aromatic rings. The summed E-state index contributed by atoms with van der Waals surface area (Å²) in [4.78, 5) is 18.7. The zero-order chi connectivity index (χ0) is 25.3. The maximum absolute atomic E-state index is 12.9. The van der Waals surface area contributed by atoms with Crippen LogP contribution in [-0.2, 0) is 4.79 Å². The summed E-state index contributed by atoms with van der Waals surface area (Å²) >= 11 is 1.75. The van der Waals surface area contributed by atoms with Gasteiger partial charge in [0.1, 0.15) is 11.9 Å². The van der Waals surface area contributed by atoms with Crippen molar-refractivity contribution in [2.45, 2.75) is 57.7 Å². The monoisotopic (exact) mass is 505 g/mol. The van der Waals surface area contributed by atoms with Gasteiger partial charge in [-0.25, -0.2) is 0 Å². The average Bonchev–Trinajstić information content (AvgIpc) is 3.47. The van der Waals surface area contributed by atoms with Crippen molar-refractivity contribution in [3.05, 3.63) is 82.6 Å². The molecule has 4 rings (SSSR count). The number of carbonyl (C=O) groups excluding carboxylic acids is 1. The maximum Gasteiger partial charge on any atom is 0.226 e. The van der Waals surface area contributed by atoms with E-state index in [0.717, 1.165) is 50.3 Å². The Morgan fingerprint density at radius 2 is 1.81 bits per heavy atom. The minimum Gasteiger partial charge on any atom is -0.485 e. The topological polar surface area (TPSA) is 44.8 Å². The van der Waals surface area contributed by atoms with Crippen LogP contribution in [0.5, 0.6) is 5.75 Å². The lowest BCUT2D eigenvalue weighted by molar-refractivity contribution is -0.119. The van der Waals surface area contributed by atoms with Gasteiger partial charge in [0.15, 0.2) is 0 Å². The highest BCUT2D eigenvalue weighted by Crippen LogP contribution is 2.36. The van der Waals surface area contributed by atoms with E-state index in [4.69, 9.17) is 4.74 Å². The molecule has 0 radical (unpaired) electrons. The Morgan fingerprint density at radius 3 is 2.47 bits per heavy atom. The molecule has 1 saturated heterocycles. The third kappa shape index (κ3) is 6.36. The fourth-order valence-electron chi connectivity index (χ4n) is 5.14. The van der Waals surface area contributed by atoms with E-state index in [9.17, 15) is 4.79 Å². The Hall–Kier alpha value is -2.67. The van der Waals surface area contributed by atoms with Crippen molar-refractivity contribution < 1.29 is 9.53 Å². The molecule has 0 bridgehead atoms. The Balaban J connectivity index is 1.46. The molecule has 1 amide bonds. The van der Waals surface area contributed by atoms with E-state index in [2.05, 4.69) is 58.9 Å². The second-order valence-corrected chi connectivity index (χ2v) is 10.4. The molecular formula is C30H39N3O2S. The lowest BCUT2D eigenvalue weighted by Gasteiger charge is -2.41. The number of thiophene rings is 1. The van der Waals surface area contributed by atoms with Crippen LogP contribution in [-0.4, -0.2) is 43.5 Å². The summed E-state index contributed by atoms with van der Waals surface area (Å²) in [5.74, 6) is 1.17. The molecule has 0 aliphatic carbocycles. The van der Waals surface area contributed by atoms with Crippen molar-refractivity contribution in [1.29, 1.82) is 0 Å². The quantitative estimate of drug-likeness (QED) is 0.325. The van der Waals surface area contributed by atoms with Gasteiger partial charge in [-0.2, -0.15) is 0 Å². The first-order valence-corrected chi connectivity index (χ1v) is 14.0. The van der Waals surface area contributed by atoms with Gasteiger partial charge >= 0.3 is 0 Å². The number of amides is 1. The lowest BCUT2D eigenvalue weighted by atomic mass is 9.97. The molecule has 1 aliphatic rings. The number of para-hydroxylation sites is 2. The first kappa shape index (κ1) is 26.4. The van der Waals surface area contributed by atoms with Crippen LogP contribution in [0.15, 0.2) is 72.1 Å². The highest BCUT2D eigenvalue weighted by molar-refractivity contribution is 7.10. The second kappa shape index (κ2) is 13.0. The fraction of sp³-hybridized carbons (Fsp3) is 0.433. The summed E-state index contributed by atoms with van der Waals surface area (Å²) < 4.78 is 6.66. The number of ether oxygens (including phenoxy) is 1. The van der Waals surface area contributed by atoms with Gasteiger partial charge < -0.3 is 15.0 Å². The van der Waals surface area contributed by atoms with Crippen LogP contribution in [0, 0.1) is 0 Å². The number of piperidine rings is 1. The largest absolute Gasteiger partial charge is 0.485 e. The van der Waals surface area contributed by atoms with Crippen LogP contribution in [0.1, 0.15) is 62.1 Å². The highest BCUT2D eigenvalue weighted by atomic mass is 32.1. The summed E-state index contributed by atoms with van der Waals surface area (Å²) in [6, 6.07) is 23.3.